The summed E-state index contributed by atoms with van der Waals surface area (Å²) in [5.41, 5.74) is 15.0. The minimum atomic E-state index is -1.71. The Morgan fingerprint density at radius 2 is 0.706 bits per heavy atom. The van der Waals surface area contributed by atoms with Crippen LogP contribution in [0.15, 0.2) is 182 Å². The topological polar surface area (TPSA) is 25.8 Å². The van der Waals surface area contributed by atoms with E-state index in [1.54, 1.807) is 5.19 Å². The molecule has 1 aliphatic heterocycles. The van der Waals surface area contributed by atoms with Crippen LogP contribution in [-0.4, -0.2) is 18.0 Å². The quantitative estimate of drug-likeness (QED) is 0.165. The highest BCUT2D eigenvalue weighted by Gasteiger charge is 2.37. The van der Waals surface area contributed by atoms with Gasteiger partial charge < -0.3 is 0 Å². The molecule has 2 heterocycles. The maximum absolute atomic E-state index is 5.09. The number of hydrogen-bond donors (Lipinski definition) is 0. The molecule has 51 heavy (non-hydrogen) atoms. The third kappa shape index (κ3) is 5.72. The molecule has 8 aromatic rings. The van der Waals surface area contributed by atoms with Gasteiger partial charge in [-0.05, 0) is 60.9 Å². The van der Waals surface area contributed by atoms with Crippen molar-refractivity contribution in [3.63, 3.8) is 0 Å². The molecule has 242 valence electrons. The van der Waals surface area contributed by atoms with Crippen molar-refractivity contribution in [1.29, 1.82) is 0 Å². The second-order valence-electron chi connectivity index (χ2n) is 13.9. The molecule has 0 saturated carbocycles. The fourth-order valence-corrected chi connectivity index (χ4v) is 10.6. The lowest BCUT2D eigenvalue weighted by molar-refractivity contribution is 1.18. The zero-order chi connectivity index (χ0) is 34.4. The van der Waals surface area contributed by atoms with E-state index in [1.165, 1.54) is 49.7 Å². The average Bonchev–Trinajstić information content (AvgIpc) is 3.44. The fourth-order valence-electron chi connectivity index (χ4n) is 7.50. The van der Waals surface area contributed by atoms with E-state index in [4.69, 9.17) is 9.97 Å². The molecule has 7 aromatic carbocycles. The molecular formula is C48H36N2Si. The van der Waals surface area contributed by atoms with Crippen LogP contribution in [0.2, 0.25) is 13.1 Å². The lowest BCUT2D eigenvalue weighted by Crippen LogP contribution is -2.49. The van der Waals surface area contributed by atoms with Gasteiger partial charge in [-0.15, -0.1) is 0 Å². The molecule has 3 heteroatoms. The molecular weight excluding hydrogens is 633 g/mol. The monoisotopic (exact) mass is 668 g/mol. The van der Waals surface area contributed by atoms with Crippen LogP contribution in [0, 0.1) is 0 Å². The van der Waals surface area contributed by atoms with Crippen molar-refractivity contribution in [1.82, 2.24) is 9.97 Å². The molecule has 1 aromatic heterocycles. The van der Waals surface area contributed by atoms with Gasteiger partial charge in [0.2, 0.25) is 0 Å². The standard InChI is InChI=1S/C48H36N2Si/c1-51(2)46-16-10-9-15-42(46)43-30-29-41(31-47(43)51)37-19-17-35(18-20-37)36-23-27-40(28-24-36)48-49-44(38-13-7-4-8-14-38)32-45(50-48)39-25-21-34(22-26-39)33-11-5-3-6-12-33/h3-32H,1-2H3. The summed E-state index contributed by atoms with van der Waals surface area (Å²) in [5, 5.41) is 3.08. The minimum Gasteiger partial charge on any atom is -0.228 e. The SMILES string of the molecule is C[Si]1(C)c2ccccc2-c2ccc(-c3ccc(-c4ccc(-c5nc(-c6ccccc6)cc(-c6ccc(-c7ccccc7)cc6)n5)cc4)cc3)cc21. The molecule has 1 aliphatic rings. The van der Waals surface area contributed by atoms with Gasteiger partial charge in [0.1, 0.15) is 8.07 Å². The molecule has 0 amide bonds. The van der Waals surface area contributed by atoms with Crippen LogP contribution in [0.3, 0.4) is 0 Å². The van der Waals surface area contributed by atoms with E-state index < -0.39 is 8.07 Å². The average molecular weight is 669 g/mol. The number of benzene rings is 7. The van der Waals surface area contributed by atoms with Crippen molar-refractivity contribution in [3.8, 4) is 78.4 Å². The lowest BCUT2D eigenvalue weighted by Gasteiger charge is -2.19. The summed E-state index contributed by atoms with van der Waals surface area (Å²) in [6, 6.07) is 65.2. The maximum atomic E-state index is 5.09. The van der Waals surface area contributed by atoms with Crippen LogP contribution in [0.5, 0.6) is 0 Å². The van der Waals surface area contributed by atoms with Gasteiger partial charge in [0.05, 0.1) is 11.4 Å². The summed E-state index contributed by atoms with van der Waals surface area (Å²) in [7, 11) is -1.71. The normalized spacial score (nSPS) is 12.7. The van der Waals surface area contributed by atoms with E-state index in [0.29, 0.717) is 5.82 Å². The number of hydrogen-bond acceptors (Lipinski definition) is 2. The largest absolute Gasteiger partial charge is 0.228 e. The van der Waals surface area contributed by atoms with Crippen molar-refractivity contribution in [3.05, 3.63) is 182 Å². The van der Waals surface area contributed by atoms with Gasteiger partial charge in [0.25, 0.3) is 0 Å². The summed E-state index contributed by atoms with van der Waals surface area (Å²) in [6.45, 7) is 4.95. The van der Waals surface area contributed by atoms with Crippen molar-refractivity contribution < 1.29 is 0 Å². The first-order valence-electron chi connectivity index (χ1n) is 17.6. The van der Waals surface area contributed by atoms with E-state index in [-0.39, 0.29) is 0 Å². The number of fused-ring (bicyclic) bond motifs is 3. The highest BCUT2D eigenvalue weighted by molar-refractivity contribution is 7.03. The molecule has 0 aliphatic carbocycles. The molecule has 0 atom stereocenters. The van der Waals surface area contributed by atoms with Crippen LogP contribution >= 0.6 is 0 Å². The van der Waals surface area contributed by atoms with Gasteiger partial charge in [-0.3, -0.25) is 0 Å². The first kappa shape index (κ1) is 30.9. The smallest absolute Gasteiger partial charge is 0.160 e. The summed E-state index contributed by atoms with van der Waals surface area (Å²) in [4.78, 5) is 10.1. The highest BCUT2D eigenvalue weighted by atomic mass is 28.3. The van der Waals surface area contributed by atoms with Gasteiger partial charge in [-0.2, -0.15) is 0 Å². The molecule has 0 unspecified atom stereocenters. The van der Waals surface area contributed by atoms with E-state index in [0.717, 1.165) is 28.1 Å². The minimum absolute atomic E-state index is 0.714. The van der Waals surface area contributed by atoms with E-state index in [2.05, 4.69) is 183 Å². The number of rotatable bonds is 6. The van der Waals surface area contributed by atoms with Crippen LogP contribution in [-0.2, 0) is 0 Å². The third-order valence-corrected chi connectivity index (χ3v) is 13.9. The fraction of sp³-hybridized carbons (Fsp3) is 0.0417. The zero-order valence-electron chi connectivity index (χ0n) is 28.7. The number of aromatic nitrogens is 2. The predicted molar refractivity (Wildman–Crippen MR) is 217 cm³/mol. The molecule has 2 nitrogen and oxygen atoms in total. The van der Waals surface area contributed by atoms with E-state index in [1.807, 2.05) is 12.1 Å². The van der Waals surface area contributed by atoms with Crippen LogP contribution < -0.4 is 10.4 Å². The Morgan fingerprint density at radius 3 is 1.29 bits per heavy atom. The second kappa shape index (κ2) is 12.6. The Bertz CT molecular complexity index is 2500. The lowest BCUT2D eigenvalue weighted by atomic mass is 9.97. The van der Waals surface area contributed by atoms with Crippen LogP contribution in [0.1, 0.15) is 0 Å². The van der Waals surface area contributed by atoms with Gasteiger partial charge in [-0.1, -0.05) is 189 Å². The molecule has 9 rings (SSSR count). The first-order chi connectivity index (χ1) is 25.0. The molecule has 0 spiro atoms. The Morgan fingerprint density at radius 1 is 0.314 bits per heavy atom. The van der Waals surface area contributed by atoms with Crippen molar-refractivity contribution in [2.45, 2.75) is 13.1 Å². The molecule has 0 saturated heterocycles. The summed E-state index contributed by atoms with van der Waals surface area (Å²) in [6.07, 6.45) is 0. The maximum Gasteiger partial charge on any atom is 0.160 e. The Balaban J connectivity index is 1.01. The molecule has 0 fully saturated rings. The van der Waals surface area contributed by atoms with E-state index in [9.17, 15) is 0 Å². The molecule has 0 N–H and O–H groups in total. The summed E-state index contributed by atoms with van der Waals surface area (Å²) < 4.78 is 0. The van der Waals surface area contributed by atoms with Gasteiger partial charge in [0, 0.05) is 16.7 Å². The highest BCUT2D eigenvalue weighted by Crippen LogP contribution is 2.33. The summed E-state index contributed by atoms with van der Waals surface area (Å²) >= 11 is 0. The second-order valence-corrected chi connectivity index (χ2v) is 18.2. The predicted octanol–water partition coefficient (Wildman–Crippen LogP) is 11.3. The molecule has 0 bridgehead atoms. The van der Waals surface area contributed by atoms with Crippen molar-refractivity contribution >= 4 is 18.4 Å². The number of nitrogens with zero attached hydrogens (tertiary/aromatic N) is 2. The Kier molecular flexibility index (Phi) is 7.64. The van der Waals surface area contributed by atoms with Crippen molar-refractivity contribution in [2.75, 3.05) is 0 Å². The van der Waals surface area contributed by atoms with Crippen molar-refractivity contribution in [2.24, 2.45) is 0 Å². The first-order valence-corrected chi connectivity index (χ1v) is 20.6. The van der Waals surface area contributed by atoms with Crippen LogP contribution in [0.4, 0.5) is 0 Å². The summed E-state index contributed by atoms with van der Waals surface area (Å²) in [5.74, 6) is 0.714. The van der Waals surface area contributed by atoms with Gasteiger partial charge in [-0.25, -0.2) is 9.97 Å². The Hall–Kier alpha value is -6.16. The van der Waals surface area contributed by atoms with Crippen LogP contribution in [0.25, 0.3) is 78.4 Å². The Labute approximate surface area is 300 Å². The van der Waals surface area contributed by atoms with Gasteiger partial charge >= 0.3 is 0 Å². The zero-order valence-corrected chi connectivity index (χ0v) is 29.7. The molecule has 0 radical (unpaired) electrons. The third-order valence-electron chi connectivity index (χ3n) is 10.4. The van der Waals surface area contributed by atoms with E-state index >= 15 is 0 Å². The van der Waals surface area contributed by atoms with Gasteiger partial charge in [0.15, 0.2) is 5.82 Å².